The molecule has 0 spiro atoms. The highest BCUT2D eigenvalue weighted by molar-refractivity contribution is 5.45. The molecule has 1 heteroatoms. The molecule has 56 valence electrons. The van der Waals surface area contributed by atoms with Gasteiger partial charge in [-0.2, -0.15) is 0 Å². The molecule has 0 unspecified atom stereocenters. The highest BCUT2D eigenvalue weighted by Gasteiger charge is 1.80. The normalized spacial score (nSPS) is 9.82. The van der Waals surface area contributed by atoms with Crippen LogP contribution in [-0.4, -0.2) is 0 Å². The van der Waals surface area contributed by atoms with Crippen molar-refractivity contribution < 1.29 is 0 Å². The molecule has 0 aliphatic carbocycles. The van der Waals surface area contributed by atoms with Gasteiger partial charge in [0, 0.05) is 11.9 Å². The summed E-state index contributed by atoms with van der Waals surface area (Å²) in [6.07, 6.45) is 5.44. The van der Waals surface area contributed by atoms with Crippen LogP contribution in [0, 0.1) is 0 Å². The fraction of sp³-hybridized carbons (Fsp3) is 0. The third-order valence-electron chi connectivity index (χ3n) is 1.26. The smallest absolute Gasteiger partial charge is 0.0379 e. The lowest BCUT2D eigenvalue weighted by Crippen LogP contribution is -1.84. The maximum absolute atomic E-state index is 3.57. The van der Waals surface area contributed by atoms with Crippen LogP contribution >= 0.6 is 0 Å². The number of hydrogen-bond donors (Lipinski definition) is 1. The van der Waals surface area contributed by atoms with Crippen molar-refractivity contribution in [2.75, 3.05) is 5.32 Å². The minimum absolute atomic E-state index is 1.09. The molecule has 0 amide bonds. The first-order valence-electron chi connectivity index (χ1n) is 3.52. The number of anilines is 1. The van der Waals surface area contributed by atoms with E-state index >= 15 is 0 Å². The second kappa shape index (κ2) is 4.34. The van der Waals surface area contributed by atoms with E-state index in [1.165, 1.54) is 0 Å². The summed E-state index contributed by atoms with van der Waals surface area (Å²) in [7, 11) is 0. The molecule has 0 aliphatic rings. The quantitative estimate of drug-likeness (QED) is 0.645. The molecule has 0 saturated carbocycles. The van der Waals surface area contributed by atoms with Crippen LogP contribution in [0.2, 0.25) is 0 Å². The predicted molar refractivity (Wildman–Crippen MR) is 49.4 cm³/mol. The van der Waals surface area contributed by atoms with Crippen molar-refractivity contribution in [3.05, 3.63) is 55.3 Å². The van der Waals surface area contributed by atoms with E-state index in [-0.39, 0.29) is 0 Å². The lowest BCUT2D eigenvalue weighted by molar-refractivity contribution is 1.58. The van der Waals surface area contributed by atoms with E-state index in [2.05, 4.69) is 11.9 Å². The summed E-state index contributed by atoms with van der Waals surface area (Å²) in [5, 5.41) is 3.09. The summed E-state index contributed by atoms with van der Waals surface area (Å²) >= 11 is 0. The van der Waals surface area contributed by atoms with Crippen LogP contribution in [0.15, 0.2) is 55.3 Å². The minimum Gasteiger partial charge on any atom is -0.362 e. The molecule has 0 fully saturated rings. The Bertz CT molecular complexity index is 236. The van der Waals surface area contributed by atoms with Crippen molar-refractivity contribution >= 4 is 5.69 Å². The molecule has 0 atom stereocenters. The highest BCUT2D eigenvalue weighted by Crippen LogP contribution is 2.03. The minimum atomic E-state index is 1.09. The van der Waals surface area contributed by atoms with Gasteiger partial charge in [0.1, 0.15) is 0 Å². The standard InChI is InChI=1S/C10H11N/c1-2-3-9-11-10-7-5-4-6-8-10/h2-9,11H,1H2/b9-3+. The molecule has 0 aliphatic heterocycles. The highest BCUT2D eigenvalue weighted by atomic mass is 14.8. The van der Waals surface area contributed by atoms with E-state index < -0.39 is 0 Å². The number of para-hydroxylation sites is 1. The second-order valence-corrected chi connectivity index (χ2v) is 2.11. The van der Waals surface area contributed by atoms with E-state index in [4.69, 9.17) is 0 Å². The monoisotopic (exact) mass is 145 g/mol. The summed E-state index contributed by atoms with van der Waals surface area (Å²) in [4.78, 5) is 0. The summed E-state index contributed by atoms with van der Waals surface area (Å²) in [6.45, 7) is 3.57. The van der Waals surface area contributed by atoms with Crippen LogP contribution in [0.4, 0.5) is 5.69 Å². The van der Waals surface area contributed by atoms with Gasteiger partial charge in [-0.25, -0.2) is 0 Å². The molecule has 0 bridgehead atoms. The van der Waals surface area contributed by atoms with Crippen molar-refractivity contribution in [2.45, 2.75) is 0 Å². The number of benzene rings is 1. The zero-order valence-corrected chi connectivity index (χ0v) is 6.33. The van der Waals surface area contributed by atoms with Gasteiger partial charge >= 0.3 is 0 Å². The third kappa shape index (κ3) is 2.72. The molecule has 0 saturated heterocycles. The Morgan fingerprint density at radius 3 is 2.55 bits per heavy atom. The Morgan fingerprint density at radius 1 is 1.18 bits per heavy atom. The fourth-order valence-corrected chi connectivity index (χ4v) is 0.747. The Labute approximate surface area is 67.1 Å². The average molecular weight is 145 g/mol. The number of allylic oxidation sites excluding steroid dienone is 2. The number of hydrogen-bond acceptors (Lipinski definition) is 1. The topological polar surface area (TPSA) is 12.0 Å². The van der Waals surface area contributed by atoms with Crippen LogP contribution < -0.4 is 5.32 Å². The molecular formula is C10H11N. The van der Waals surface area contributed by atoms with Gasteiger partial charge in [-0.3, -0.25) is 0 Å². The fourth-order valence-electron chi connectivity index (χ4n) is 0.747. The van der Waals surface area contributed by atoms with Crippen LogP contribution in [0.3, 0.4) is 0 Å². The maximum Gasteiger partial charge on any atom is 0.0379 e. The first-order chi connectivity index (χ1) is 5.43. The van der Waals surface area contributed by atoms with Gasteiger partial charge in [0.25, 0.3) is 0 Å². The molecule has 1 nitrogen and oxygen atoms in total. The zero-order valence-electron chi connectivity index (χ0n) is 6.33. The first-order valence-corrected chi connectivity index (χ1v) is 3.52. The van der Waals surface area contributed by atoms with Crippen LogP contribution in [-0.2, 0) is 0 Å². The van der Waals surface area contributed by atoms with Crippen LogP contribution in [0.5, 0.6) is 0 Å². The average Bonchev–Trinajstić information content (AvgIpc) is 2.07. The van der Waals surface area contributed by atoms with Gasteiger partial charge in [0.2, 0.25) is 0 Å². The molecule has 0 radical (unpaired) electrons. The van der Waals surface area contributed by atoms with E-state index in [9.17, 15) is 0 Å². The Hall–Kier alpha value is -1.50. The van der Waals surface area contributed by atoms with Gasteiger partial charge in [0.05, 0.1) is 0 Å². The summed E-state index contributed by atoms with van der Waals surface area (Å²) in [6, 6.07) is 9.98. The lowest BCUT2D eigenvalue weighted by atomic mass is 10.3. The molecule has 1 aromatic rings. The van der Waals surface area contributed by atoms with Crippen molar-refractivity contribution in [1.82, 2.24) is 0 Å². The molecule has 1 N–H and O–H groups in total. The molecule has 11 heavy (non-hydrogen) atoms. The van der Waals surface area contributed by atoms with Crippen LogP contribution in [0.25, 0.3) is 0 Å². The summed E-state index contributed by atoms with van der Waals surface area (Å²) in [5.74, 6) is 0. The van der Waals surface area contributed by atoms with E-state index in [1.807, 2.05) is 42.6 Å². The van der Waals surface area contributed by atoms with Crippen LogP contribution in [0.1, 0.15) is 0 Å². The largest absolute Gasteiger partial charge is 0.362 e. The number of rotatable bonds is 3. The molecule has 1 rings (SSSR count). The van der Waals surface area contributed by atoms with Gasteiger partial charge in [-0.1, -0.05) is 30.9 Å². The Balaban J connectivity index is 2.51. The second-order valence-electron chi connectivity index (χ2n) is 2.11. The van der Waals surface area contributed by atoms with Gasteiger partial charge in [-0.15, -0.1) is 0 Å². The van der Waals surface area contributed by atoms with Gasteiger partial charge in [-0.05, 0) is 18.2 Å². The Morgan fingerprint density at radius 2 is 1.91 bits per heavy atom. The number of nitrogens with one attached hydrogen (secondary N) is 1. The SMILES string of the molecule is C=C/C=C/Nc1ccccc1. The molecule has 0 heterocycles. The predicted octanol–water partition coefficient (Wildman–Crippen LogP) is 2.80. The van der Waals surface area contributed by atoms with E-state index in [0.717, 1.165) is 5.69 Å². The van der Waals surface area contributed by atoms with Crippen molar-refractivity contribution in [3.8, 4) is 0 Å². The van der Waals surface area contributed by atoms with Crippen molar-refractivity contribution in [3.63, 3.8) is 0 Å². The molecule has 0 aromatic heterocycles. The Kier molecular flexibility index (Phi) is 3.00. The first kappa shape index (κ1) is 7.61. The van der Waals surface area contributed by atoms with Gasteiger partial charge in [0.15, 0.2) is 0 Å². The summed E-state index contributed by atoms with van der Waals surface area (Å²) < 4.78 is 0. The van der Waals surface area contributed by atoms with Crippen molar-refractivity contribution in [2.24, 2.45) is 0 Å². The summed E-state index contributed by atoms with van der Waals surface area (Å²) in [5.41, 5.74) is 1.09. The zero-order chi connectivity index (χ0) is 7.94. The lowest BCUT2D eigenvalue weighted by Gasteiger charge is -1.96. The van der Waals surface area contributed by atoms with E-state index in [1.54, 1.807) is 6.08 Å². The van der Waals surface area contributed by atoms with Crippen molar-refractivity contribution in [1.29, 1.82) is 0 Å². The maximum atomic E-state index is 3.57. The van der Waals surface area contributed by atoms with Gasteiger partial charge < -0.3 is 5.32 Å². The third-order valence-corrected chi connectivity index (χ3v) is 1.26. The van der Waals surface area contributed by atoms with E-state index in [0.29, 0.717) is 0 Å². The molecule has 1 aromatic carbocycles. The molecular weight excluding hydrogens is 134 g/mol.